The van der Waals surface area contributed by atoms with Crippen molar-refractivity contribution in [2.45, 2.75) is 63.2 Å². The van der Waals surface area contributed by atoms with Crippen LogP contribution in [0.15, 0.2) is 24.4 Å². The third kappa shape index (κ3) is 5.49. The molecule has 1 aromatic rings. The molecule has 7 heteroatoms. The first-order chi connectivity index (χ1) is 13.2. The molecule has 0 aromatic carbocycles. The summed E-state index contributed by atoms with van der Waals surface area (Å²) < 4.78 is 5.96. The minimum absolute atomic E-state index is 0.0194. The van der Waals surface area contributed by atoms with E-state index < -0.39 is 6.10 Å². The lowest BCUT2D eigenvalue weighted by atomic mass is 9.97. The number of nitrogens with one attached hydrogen (secondary N) is 2. The lowest BCUT2D eigenvalue weighted by molar-refractivity contribution is -0.125. The fourth-order valence-electron chi connectivity index (χ4n) is 3.94. The summed E-state index contributed by atoms with van der Waals surface area (Å²) in [4.78, 5) is 28.4. The highest BCUT2D eigenvalue weighted by molar-refractivity contribution is 5.92. The number of aliphatic hydroxyl groups excluding tert-OH is 1. The van der Waals surface area contributed by atoms with Gasteiger partial charge in [-0.25, -0.2) is 0 Å². The van der Waals surface area contributed by atoms with Crippen LogP contribution in [0.3, 0.4) is 0 Å². The highest BCUT2D eigenvalue weighted by Gasteiger charge is 2.32. The number of hydrogen-bond acceptors (Lipinski definition) is 5. The largest absolute Gasteiger partial charge is 0.394 e. The van der Waals surface area contributed by atoms with Crippen LogP contribution >= 0.6 is 0 Å². The average molecular weight is 375 g/mol. The fraction of sp³-hybridized carbons (Fsp3) is 0.650. The summed E-state index contributed by atoms with van der Waals surface area (Å²) >= 11 is 0. The second-order valence-electron chi connectivity index (χ2n) is 7.41. The maximum Gasteiger partial charge on any atom is 0.270 e. The highest BCUT2D eigenvalue weighted by Crippen LogP contribution is 2.25. The van der Waals surface area contributed by atoms with Crippen molar-refractivity contribution in [2.24, 2.45) is 5.92 Å². The van der Waals surface area contributed by atoms with Gasteiger partial charge in [-0.3, -0.25) is 14.6 Å². The maximum atomic E-state index is 12.3. The van der Waals surface area contributed by atoms with Gasteiger partial charge in [-0.05, 0) is 44.2 Å². The summed E-state index contributed by atoms with van der Waals surface area (Å²) in [6.07, 6.45) is 7.62. The molecule has 0 bridgehead atoms. The van der Waals surface area contributed by atoms with Crippen molar-refractivity contribution in [3.05, 3.63) is 30.1 Å². The zero-order valence-electron chi connectivity index (χ0n) is 15.6. The van der Waals surface area contributed by atoms with Crippen LogP contribution in [0, 0.1) is 5.92 Å². The van der Waals surface area contributed by atoms with Crippen molar-refractivity contribution >= 4 is 11.8 Å². The number of carbonyl (C=O) groups excluding carboxylic acids is 2. The molecule has 3 rings (SSSR count). The first-order valence-corrected chi connectivity index (χ1v) is 9.93. The molecule has 148 valence electrons. The number of aromatic nitrogens is 1. The Balaban J connectivity index is 1.42. The summed E-state index contributed by atoms with van der Waals surface area (Å²) in [5.41, 5.74) is 0.353. The lowest BCUT2D eigenvalue weighted by Gasteiger charge is -2.36. The number of rotatable bonds is 7. The van der Waals surface area contributed by atoms with Gasteiger partial charge in [0.1, 0.15) is 11.8 Å². The molecule has 2 aliphatic rings. The van der Waals surface area contributed by atoms with E-state index in [2.05, 4.69) is 15.6 Å². The van der Waals surface area contributed by atoms with E-state index in [1.165, 1.54) is 0 Å². The molecule has 0 spiro atoms. The van der Waals surface area contributed by atoms with Gasteiger partial charge < -0.3 is 20.5 Å². The number of pyridine rings is 1. The van der Waals surface area contributed by atoms with Crippen molar-refractivity contribution in [1.82, 2.24) is 15.6 Å². The van der Waals surface area contributed by atoms with Gasteiger partial charge in [0.05, 0.1) is 18.8 Å². The molecule has 2 fully saturated rings. The first kappa shape index (κ1) is 19.8. The quantitative estimate of drug-likeness (QED) is 0.669. The molecule has 3 N–H and O–H groups in total. The second kappa shape index (κ2) is 9.80. The number of aliphatic hydroxyl groups is 1. The molecular weight excluding hydrogens is 346 g/mol. The Morgan fingerprint density at radius 2 is 2.00 bits per heavy atom. The summed E-state index contributed by atoms with van der Waals surface area (Å²) in [6.45, 7) is 0.432. The van der Waals surface area contributed by atoms with Crippen LogP contribution in [-0.2, 0) is 9.53 Å². The van der Waals surface area contributed by atoms with Crippen LogP contribution in [0.5, 0.6) is 0 Å². The molecule has 2 heterocycles. The third-order valence-electron chi connectivity index (χ3n) is 5.50. The van der Waals surface area contributed by atoms with Gasteiger partial charge >= 0.3 is 0 Å². The van der Waals surface area contributed by atoms with E-state index in [0.29, 0.717) is 12.2 Å². The van der Waals surface area contributed by atoms with E-state index in [-0.39, 0.29) is 36.5 Å². The monoisotopic (exact) mass is 375 g/mol. The Labute approximate surface area is 159 Å². The third-order valence-corrected chi connectivity index (χ3v) is 5.50. The maximum absolute atomic E-state index is 12.3. The Kier molecular flexibility index (Phi) is 7.18. The van der Waals surface area contributed by atoms with Crippen LogP contribution in [0.2, 0.25) is 0 Å². The zero-order valence-corrected chi connectivity index (χ0v) is 15.6. The minimum Gasteiger partial charge on any atom is -0.394 e. The van der Waals surface area contributed by atoms with E-state index in [1.807, 2.05) is 0 Å². The Morgan fingerprint density at radius 3 is 2.70 bits per heavy atom. The predicted octanol–water partition coefficient (Wildman–Crippen LogP) is 1.42. The molecule has 1 saturated heterocycles. The topological polar surface area (TPSA) is 101 Å². The SMILES string of the molecule is O=C(N[C@@H]1CC[C@H](CCNC(=O)C2CCCC2)O[C@H]1CO)c1ccccn1. The molecule has 3 atom stereocenters. The van der Waals surface area contributed by atoms with Gasteiger partial charge in [0, 0.05) is 18.7 Å². The molecule has 1 aliphatic carbocycles. The van der Waals surface area contributed by atoms with E-state index in [9.17, 15) is 14.7 Å². The minimum atomic E-state index is -0.443. The standard InChI is InChI=1S/C20H29N3O4/c24-13-18-16(23-20(26)17-7-3-4-11-21-17)9-8-15(27-18)10-12-22-19(25)14-5-1-2-6-14/h3-4,7,11,14-16,18,24H,1-2,5-6,8-10,12-13H2,(H,22,25)(H,23,26)/t15-,16-,18+/m1/s1. The summed E-state index contributed by atoms with van der Waals surface area (Å²) in [6, 6.07) is 4.93. The van der Waals surface area contributed by atoms with Gasteiger partial charge in [-0.1, -0.05) is 18.9 Å². The van der Waals surface area contributed by atoms with Crippen molar-refractivity contribution < 1.29 is 19.4 Å². The molecule has 27 heavy (non-hydrogen) atoms. The van der Waals surface area contributed by atoms with Gasteiger partial charge in [0.2, 0.25) is 5.91 Å². The molecule has 7 nitrogen and oxygen atoms in total. The molecule has 1 aliphatic heterocycles. The van der Waals surface area contributed by atoms with Crippen LogP contribution in [0.4, 0.5) is 0 Å². The second-order valence-corrected chi connectivity index (χ2v) is 7.41. The molecule has 1 saturated carbocycles. The highest BCUT2D eigenvalue weighted by atomic mass is 16.5. The smallest absolute Gasteiger partial charge is 0.270 e. The van der Waals surface area contributed by atoms with E-state index in [0.717, 1.165) is 44.9 Å². The summed E-state index contributed by atoms with van der Waals surface area (Å²) in [5.74, 6) is 0.0705. The summed E-state index contributed by atoms with van der Waals surface area (Å²) in [5, 5.41) is 15.6. The van der Waals surface area contributed by atoms with Crippen molar-refractivity contribution in [1.29, 1.82) is 0 Å². The van der Waals surface area contributed by atoms with Crippen LogP contribution in [0.25, 0.3) is 0 Å². The number of hydrogen-bond donors (Lipinski definition) is 3. The van der Waals surface area contributed by atoms with E-state index >= 15 is 0 Å². The zero-order chi connectivity index (χ0) is 19.1. The van der Waals surface area contributed by atoms with E-state index in [4.69, 9.17) is 4.74 Å². The summed E-state index contributed by atoms with van der Waals surface area (Å²) in [7, 11) is 0. The van der Waals surface area contributed by atoms with Crippen LogP contribution in [-0.4, -0.2) is 53.3 Å². The average Bonchev–Trinajstić information content (AvgIpc) is 3.24. The Morgan fingerprint density at radius 1 is 1.19 bits per heavy atom. The van der Waals surface area contributed by atoms with Crippen molar-refractivity contribution in [2.75, 3.05) is 13.2 Å². The van der Waals surface area contributed by atoms with Crippen molar-refractivity contribution in [3.63, 3.8) is 0 Å². The van der Waals surface area contributed by atoms with Crippen LogP contribution in [0.1, 0.15) is 55.4 Å². The lowest BCUT2D eigenvalue weighted by Crippen LogP contribution is -2.51. The predicted molar refractivity (Wildman–Crippen MR) is 100 cm³/mol. The molecular formula is C20H29N3O4. The van der Waals surface area contributed by atoms with Gasteiger partial charge in [-0.15, -0.1) is 0 Å². The Hall–Kier alpha value is -1.99. The number of carbonyl (C=O) groups is 2. The molecule has 2 amide bonds. The van der Waals surface area contributed by atoms with Gasteiger partial charge in [0.25, 0.3) is 5.91 Å². The van der Waals surface area contributed by atoms with Crippen molar-refractivity contribution in [3.8, 4) is 0 Å². The first-order valence-electron chi connectivity index (χ1n) is 9.93. The number of nitrogens with zero attached hydrogens (tertiary/aromatic N) is 1. The number of amides is 2. The van der Waals surface area contributed by atoms with E-state index in [1.54, 1.807) is 24.4 Å². The molecule has 0 radical (unpaired) electrons. The fourth-order valence-corrected chi connectivity index (χ4v) is 3.94. The molecule has 0 unspecified atom stereocenters. The molecule has 1 aromatic heterocycles. The van der Waals surface area contributed by atoms with Gasteiger partial charge in [-0.2, -0.15) is 0 Å². The van der Waals surface area contributed by atoms with Crippen LogP contribution < -0.4 is 10.6 Å². The van der Waals surface area contributed by atoms with Gasteiger partial charge in [0.15, 0.2) is 0 Å². The number of ether oxygens (including phenoxy) is 1. The Bertz CT molecular complexity index is 619. The normalized spacial score (nSPS) is 25.9.